The number of ether oxygens (including phenoxy) is 8. The van der Waals surface area contributed by atoms with E-state index in [-0.39, 0.29) is 40.0 Å². The summed E-state index contributed by atoms with van der Waals surface area (Å²) >= 11 is 0. The Kier molecular flexibility index (Phi) is 43.4. The Morgan fingerprint density at radius 1 is 0.713 bits per heavy atom. The van der Waals surface area contributed by atoms with E-state index in [0.29, 0.717) is 75.9 Å². The average Bonchev–Trinajstić information content (AvgIpc) is 1.51. The minimum atomic E-state index is -0.823. The summed E-state index contributed by atoms with van der Waals surface area (Å²) in [4.78, 5) is 45.3. The van der Waals surface area contributed by atoms with Gasteiger partial charge in [-0.2, -0.15) is 0 Å². The van der Waals surface area contributed by atoms with E-state index in [4.69, 9.17) is 33.2 Å². The Morgan fingerprint density at radius 3 is 1.73 bits per heavy atom. The van der Waals surface area contributed by atoms with Crippen molar-refractivity contribution in [1.29, 1.82) is 0 Å². The second-order valence-electron chi connectivity index (χ2n) is 29.8. The Hall–Kier alpha value is -4.74. The summed E-state index contributed by atoms with van der Waals surface area (Å²) in [6.07, 6.45) is 15.4. The molecule has 15 heteroatoms. The van der Waals surface area contributed by atoms with Crippen molar-refractivity contribution in [3.63, 3.8) is 0 Å². The van der Waals surface area contributed by atoms with E-state index in [2.05, 4.69) is 147 Å². The zero-order chi connectivity index (χ0) is 71.8. The molecule has 7 unspecified atom stereocenters. The first-order chi connectivity index (χ1) is 44.0. The summed E-state index contributed by atoms with van der Waals surface area (Å²) in [6, 6.07) is 20.4. The molecule has 0 radical (unpaired) electrons. The lowest BCUT2D eigenvalue weighted by molar-refractivity contribution is -0.145. The molecular formula is C79H137N3O12. The summed E-state index contributed by atoms with van der Waals surface area (Å²) in [5, 5.41) is 5.79. The van der Waals surface area contributed by atoms with E-state index in [1.807, 2.05) is 98.8 Å². The van der Waals surface area contributed by atoms with E-state index < -0.39 is 23.0 Å². The molecule has 0 bridgehead atoms. The maximum atomic E-state index is 12.8. The minimum Gasteiger partial charge on any atom is -0.468 e. The standard InChI is InChI=1S/C64H106N2O9.C5H11NO2.C4H6O.C4H8.C2H6/c1-18-54-53(52-41-63(14,42-52)45-58(4,5)71-39-26-25-29-48(2)49(3)70-43-55(60(8,9)74-47-67)50-30-21-19-22-31-50)34-35-64(54,15)46-59(6,7)72-40-28-37-66(16)62(12,13)73-44-56(51-32-23-20-24-33-51)61(10,11)75-57(68)65-36-27-38-69-17;1-6-3-2-4-8-5-7;1-4(2)3-5;1-4(2)3;1-2/h18-24,30-33,47-49,52-56H,1,25-29,34-46H2,2-17H3,(H,65,68);5-6H,2-4H2,1H3;3H,1H2,2H3;1H2,2-3H3;1-2H3. The molecule has 0 heterocycles. The number of benzene rings is 2. The van der Waals surface area contributed by atoms with Crippen molar-refractivity contribution in [2.24, 2.45) is 34.5 Å². The molecule has 2 aliphatic rings. The van der Waals surface area contributed by atoms with Crippen molar-refractivity contribution >= 4 is 25.3 Å². The normalized spacial score (nSPS) is 20.0. The van der Waals surface area contributed by atoms with E-state index in [9.17, 15) is 19.2 Å². The number of rotatable bonds is 42. The van der Waals surface area contributed by atoms with Gasteiger partial charge in [0.15, 0.2) is 0 Å². The van der Waals surface area contributed by atoms with Gasteiger partial charge in [0.1, 0.15) is 23.2 Å². The lowest BCUT2D eigenvalue weighted by Gasteiger charge is -2.52. The first-order valence-electron chi connectivity index (χ1n) is 35.0. The van der Waals surface area contributed by atoms with Gasteiger partial charge in [-0.25, -0.2) is 4.79 Å². The first-order valence-corrected chi connectivity index (χ1v) is 35.0. The highest BCUT2D eigenvalue weighted by atomic mass is 16.6. The maximum Gasteiger partial charge on any atom is 0.407 e. The summed E-state index contributed by atoms with van der Waals surface area (Å²) in [5.41, 5.74) is 1.83. The molecule has 0 aromatic heterocycles. The molecule has 2 fully saturated rings. The van der Waals surface area contributed by atoms with Gasteiger partial charge >= 0.3 is 6.09 Å². The van der Waals surface area contributed by atoms with Gasteiger partial charge in [0.2, 0.25) is 0 Å². The Morgan fingerprint density at radius 2 is 1.23 bits per heavy atom. The van der Waals surface area contributed by atoms with E-state index in [0.717, 1.165) is 94.4 Å². The number of carbonyl (C=O) groups is 4. The molecule has 0 saturated heterocycles. The predicted octanol–water partition coefficient (Wildman–Crippen LogP) is 17.5. The van der Waals surface area contributed by atoms with Crippen molar-refractivity contribution in [3.05, 3.63) is 109 Å². The van der Waals surface area contributed by atoms with Crippen LogP contribution in [0.1, 0.15) is 232 Å². The number of hydrogen-bond donors (Lipinski definition) is 2. The maximum absolute atomic E-state index is 12.8. The van der Waals surface area contributed by atoms with Crippen LogP contribution in [-0.2, 0) is 52.3 Å². The van der Waals surface area contributed by atoms with Crippen molar-refractivity contribution in [1.82, 2.24) is 15.5 Å². The lowest BCUT2D eigenvalue weighted by atomic mass is 9.54. The van der Waals surface area contributed by atoms with Gasteiger partial charge in [0.05, 0.1) is 37.1 Å². The van der Waals surface area contributed by atoms with Crippen LogP contribution in [0.25, 0.3) is 0 Å². The lowest BCUT2D eigenvalue weighted by Crippen LogP contribution is -2.47. The smallest absolute Gasteiger partial charge is 0.407 e. The number of nitrogens with zero attached hydrogens (tertiary/aromatic N) is 1. The second kappa shape index (κ2) is 45.7. The van der Waals surface area contributed by atoms with Crippen LogP contribution < -0.4 is 10.6 Å². The third-order valence-electron chi connectivity index (χ3n) is 18.4. The number of unbranched alkanes of at least 4 members (excludes halogenated alkanes) is 1. The monoisotopic (exact) mass is 1320 g/mol. The molecule has 2 aliphatic carbocycles. The van der Waals surface area contributed by atoms with Gasteiger partial charge in [-0.15, -0.1) is 13.2 Å². The third kappa shape index (κ3) is 35.5. The van der Waals surface area contributed by atoms with E-state index in [1.165, 1.54) is 31.3 Å². The fraction of sp³-hybridized carbons (Fsp3) is 0.722. The van der Waals surface area contributed by atoms with Crippen LogP contribution in [0.4, 0.5) is 4.79 Å². The number of alkyl carbamates (subject to hydrolysis) is 1. The number of methoxy groups -OCH3 is 1. The number of aldehydes is 1. The summed E-state index contributed by atoms with van der Waals surface area (Å²) in [5.74, 6) is 2.00. The van der Waals surface area contributed by atoms with Crippen LogP contribution in [-0.4, -0.2) is 145 Å². The predicted molar refractivity (Wildman–Crippen MR) is 388 cm³/mol. The number of nitrogens with one attached hydrogen (secondary N) is 2. The van der Waals surface area contributed by atoms with Crippen molar-refractivity contribution in [2.45, 2.75) is 255 Å². The number of carbonyl (C=O) groups excluding carboxylic acids is 4. The molecule has 2 aromatic carbocycles. The molecule has 2 saturated carbocycles. The minimum absolute atomic E-state index is 0.0625. The zero-order valence-electron chi connectivity index (χ0n) is 63.4. The zero-order valence-corrected chi connectivity index (χ0v) is 63.4. The van der Waals surface area contributed by atoms with Gasteiger partial charge in [-0.05, 0) is 239 Å². The Labute approximate surface area is 573 Å². The molecule has 0 aliphatic heterocycles. The summed E-state index contributed by atoms with van der Waals surface area (Å²) < 4.78 is 47.6. The molecule has 0 spiro atoms. The largest absolute Gasteiger partial charge is 0.468 e. The van der Waals surface area contributed by atoms with Gasteiger partial charge in [-0.3, -0.25) is 19.3 Å². The fourth-order valence-corrected chi connectivity index (χ4v) is 13.3. The van der Waals surface area contributed by atoms with Crippen LogP contribution in [0.15, 0.2) is 97.6 Å². The highest BCUT2D eigenvalue weighted by Crippen LogP contribution is 2.62. The highest BCUT2D eigenvalue weighted by molar-refractivity contribution is 5.70. The molecule has 15 nitrogen and oxygen atoms in total. The van der Waals surface area contributed by atoms with Crippen molar-refractivity contribution in [2.75, 3.05) is 80.5 Å². The summed E-state index contributed by atoms with van der Waals surface area (Å²) in [7, 11) is 5.62. The van der Waals surface area contributed by atoms with E-state index >= 15 is 0 Å². The molecule has 540 valence electrons. The second-order valence-corrected chi connectivity index (χ2v) is 29.8. The highest BCUT2D eigenvalue weighted by Gasteiger charge is 2.54. The molecule has 94 heavy (non-hydrogen) atoms. The number of hydrogen-bond acceptors (Lipinski definition) is 14. The third-order valence-corrected chi connectivity index (χ3v) is 18.4. The Bertz CT molecular complexity index is 2380. The number of amides is 1. The van der Waals surface area contributed by atoms with Crippen LogP contribution in [0, 0.1) is 34.5 Å². The number of allylic oxidation sites excluding steroid dienone is 3. The molecule has 2 aromatic rings. The fourth-order valence-electron chi connectivity index (χ4n) is 13.3. The molecular weight excluding hydrogens is 1180 g/mol. The van der Waals surface area contributed by atoms with Crippen LogP contribution >= 0.6 is 0 Å². The molecule has 4 rings (SSSR count). The van der Waals surface area contributed by atoms with Gasteiger partial charge in [0, 0.05) is 51.9 Å². The first kappa shape index (κ1) is 89.3. The average molecular weight is 1320 g/mol. The van der Waals surface area contributed by atoms with Crippen LogP contribution in [0.2, 0.25) is 0 Å². The van der Waals surface area contributed by atoms with Gasteiger partial charge < -0.3 is 48.5 Å². The molecule has 7 atom stereocenters. The molecule has 1 amide bonds. The van der Waals surface area contributed by atoms with Crippen LogP contribution in [0.3, 0.4) is 0 Å². The summed E-state index contributed by atoms with van der Waals surface area (Å²) in [6.45, 7) is 58.1. The van der Waals surface area contributed by atoms with Gasteiger partial charge in [0.25, 0.3) is 12.9 Å². The van der Waals surface area contributed by atoms with Crippen molar-refractivity contribution < 1.29 is 57.1 Å². The SMILES string of the molecule is C=C(C)C.C=C(C)C=O.C=CC1C(C2CC(C)(CC(C)(C)OCCCCC(C)C(C)OCC(c3ccccc3)C(C)(C)OC=O)C2)CCC1(C)CC(C)(C)OCCCN(C)C(C)(C)OCC(c1ccccc1)C(C)(C)OC(=O)NCCCOC.CC.CNCCCOC=O. The van der Waals surface area contributed by atoms with Crippen molar-refractivity contribution in [3.8, 4) is 0 Å². The quantitative estimate of drug-likeness (QED) is 0.0161. The topological polar surface area (TPSA) is 169 Å². The van der Waals surface area contributed by atoms with E-state index in [1.54, 1.807) is 14.0 Å². The van der Waals surface area contributed by atoms with Gasteiger partial charge in [-0.1, -0.05) is 120 Å². The molecule has 2 N–H and O–H groups in total. The van der Waals surface area contributed by atoms with Crippen LogP contribution in [0.5, 0.6) is 0 Å². The Balaban J connectivity index is 0.00000398.